The minimum atomic E-state index is -0.315. The fraction of sp³-hybridized carbons (Fsp3) is 0.368. The predicted octanol–water partition coefficient (Wildman–Crippen LogP) is 8.61. The molecule has 8 heteroatoms. The molecule has 0 bridgehead atoms. The topological polar surface area (TPSA) is 18.5 Å². The van der Waals surface area contributed by atoms with E-state index in [1.54, 1.807) is 0 Å². The first-order valence-corrected chi connectivity index (χ1v) is 13.5. The molecule has 0 spiro atoms. The molecule has 2 aromatic carbocycles. The molecule has 0 atom stereocenters. The molecule has 2 nitrogen and oxygen atoms in total. The average molecular weight is 758 g/mol. The van der Waals surface area contributed by atoms with Gasteiger partial charge in [-0.2, -0.15) is 0 Å². The maximum Gasteiger partial charge on any atom is 0.134 e. The van der Waals surface area contributed by atoms with Gasteiger partial charge >= 0.3 is 0 Å². The van der Waals surface area contributed by atoms with Gasteiger partial charge < -0.3 is 9.47 Å². The minimum absolute atomic E-state index is 0.315. The molecule has 0 N–H and O–H groups in total. The summed E-state index contributed by atoms with van der Waals surface area (Å²) in [5.74, 6) is 1.63. The Hall–Kier alpha value is 0.920. The number of alkyl halides is 2. The van der Waals surface area contributed by atoms with Crippen LogP contribution in [0.25, 0.3) is 0 Å². The minimum Gasteiger partial charge on any atom is -0.491 e. The third kappa shape index (κ3) is 5.97. The SMILES string of the molecule is CC(C)(c1cc(Br)cc(OCCBr)c1Br)c1cc(Br)cc(OCCBr)c1Br. The molecule has 0 aliphatic carbocycles. The van der Waals surface area contributed by atoms with Crippen molar-refractivity contribution in [2.24, 2.45) is 0 Å². The highest BCUT2D eigenvalue weighted by molar-refractivity contribution is 9.11. The zero-order valence-corrected chi connectivity index (χ0v) is 24.2. The number of hydrogen-bond acceptors (Lipinski definition) is 2. The lowest BCUT2D eigenvalue weighted by molar-refractivity contribution is 0.340. The lowest BCUT2D eigenvalue weighted by Gasteiger charge is -2.30. The van der Waals surface area contributed by atoms with Crippen molar-refractivity contribution in [2.75, 3.05) is 23.9 Å². The van der Waals surface area contributed by atoms with Crippen LogP contribution in [0.1, 0.15) is 25.0 Å². The van der Waals surface area contributed by atoms with E-state index in [1.807, 2.05) is 12.1 Å². The Balaban J connectivity index is 2.59. The van der Waals surface area contributed by atoms with Gasteiger partial charge in [-0.25, -0.2) is 0 Å². The van der Waals surface area contributed by atoms with Crippen molar-refractivity contribution in [2.45, 2.75) is 19.3 Å². The van der Waals surface area contributed by atoms with E-state index in [0.29, 0.717) is 13.2 Å². The zero-order chi connectivity index (χ0) is 20.2. The summed E-state index contributed by atoms with van der Waals surface area (Å²) >= 11 is 21.6. The molecule has 148 valence electrons. The summed E-state index contributed by atoms with van der Waals surface area (Å²) in [5.41, 5.74) is 1.92. The van der Waals surface area contributed by atoms with Gasteiger partial charge in [-0.3, -0.25) is 0 Å². The Kier molecular flexibility index (Phi) is 9.68. The van der Waals surface area contributed by atoms with Crippen LogP contribution >= 0.6 is 95.6 Å². The predicted molar refractivity (Wildman–Crippen MR) is 134 cm³/mol. The summed E-state index contributed by atoms with van der Waals surface area (Å²) in [5, 5.41) is 1.55. The number of rotatable bonds is 8. The van der Waals surface area contributed by atoms with Crippen LogP contribution in [-0.4, -0.2) is 23.9 Å². The van der Waals surface area contributed by atoms with Gasteiger partial charge in [-0.1, -0.05) is 77.6 Å². The molecule has 2 aromatic rings. The number of halogens is 6. The lowest BCUT2D eigenvalue weighted by atomic mass is 9.78. The number of hydrogen-bond donors (Lipinski definition) is 0. The molecule has 0 radical (unpaired) electrons. The second kappa shape index (κ2) is 10.8. The molecule has 0 aliphatic rings. The van der Waals surface area contributed by atoms with E-state index in [4.69, 9.17) is 9.47 Å². The van der Waals surface area contributed by atoms with Gasteiger partial charge in [0.2, 0.25) is 0 Å². The Labute approximate surface area is 210 Å². The first-order valence-electron chi connectivity index (χ1n) is 8.09. The Morgan fingerprint density at radius 1 is 0.704 bits per heavy atom. The van der Waals surface area contributed by atoms with Crippen LogP contribution in [-0.2, 0) is 5.41 Å². The van der Waals surface area contributed by atoms with E-state index in [9.17, 15) is 0 Å². The second-order valence-electron chi connectivity index (χ2n) is 6.23. The highest BCUT2D eigenvalue weighted by Crippen LogP contribution is 2.46. The Morgan fingerprint density at radius 2 is 1.07 bits per heavy atom. The van der Waals surface area contributed by atoms with Crippen LogP contribution in [0.4, 0.5) is 0 Å². The third-order valence-electron chi connectivity index (χ3n) is 4.02. The third-order valence-corrected chi connectivity index (χ3v) is 7.22. The molecule has 0 saturated heterocycles. The largest absolute Gasteiger partial charge is 0.491 e. The van der Waals surface area contributed by atoms with E-state index in [2.05, 4.69) is 122 Å². The summed E-state index contributed by atoms with van der Waals surface area (Å²) < 4.78 is 15.6. The van der Waals surface area contributed by atoms with E-state index in [-0.39, 0.29) is 5.41 Å². The van der Waals surface area contributed by atoms with Crippen molar-refractivity contribution < 1.29 is 9.47 Å². The number of benzene rings is 2. The molecule has 0 amide bonds. The van der Waals surface area contributed by atoms with Crippen molar-refractivity contribution in [1.82, 2.24) is 0 Å². The van der Waals surface area contributed by atoms with E-state index < -0.39 is 0 Å². The van der Waals surface area contributed by atoms with Gasteiger partial charge in [0.1, 0.15) is 11.5 Å². The van der Waals surface area contributed by atoms with Crippen LogP contribution in [0, 0.1) is 0 Å². The van der Waals surface area contributed by atoms with Crippen LogP contribution in [0.2, 0.25) is 0 Å². The van der Waals surface area contributed by atoms with Gasteiger partial charge in [0.05, 0.1) is 22.2 Å². The first kappa shape index (κ1) is 24.2. The Bertz CT molecular complexity index is 742. The van der Waals surface area contributed by atoms with Gasteiger partial charge in [-0.15, -0.1) is 0 Å². The molecule has 0 heterocycles. The quantitative estimate of drug-likeness (QED) is 0.252. The Morgan fingerprint density at radius 3 is 1.41 bits per heavy atom. The molecule has 0 aromatic heterocycles. The first-order chi connectivity index (χ1) is 12.7. The van der Waals surface area contributed by atoms with Gasteiger partial charge in [0.15, 0.2) is 0 Å². The van der Waals surface area contributed by atoms with Crippen molar-refractivity contribution in [3.63, 3.8) is 0 Å². The van der Waals surface area contributed by atoms with Crippen molar-refractivity contribution in [3.05, 3.63) is 53.3 Å². The van der Waals surface area contributed by atoms with Crippen LogP contribution in [0.3, 0.4) is 0 Å². The summed E-state index contributed by atoms with van der Waals surface area (Å²) in [7, 11) is 0. The molecule has 27 heavy (non-hydrogen) atoms. The normalized spacial score (nSPS) is 11.6. The standard InChI is InChI=1S/C19H18Br6O2/c1-19(2,13-7-11(22)9-15(17(13)24)26-5-3-20)14-8-12(23)10-16(18(14)25)27-6-4-21/h7-10H,3-6H2,1-2H3. The van der Waals surface area contributed by atoms with Crippen molar-refractivity contribution in [1.29, 1.82) is 0 Å². The zero-order valence-electron chi connectivity index (χ0n) is 14.7. The van der Waals surface area contributed by atoms with Crippen LogP contribution < -0.4 is 9.47 Å². The summed E-state index contributed by atoms with van der Waals surface area (Å²) in [6.45, 7) is 5.57. The summed E-state index contributed by atoms with van der Waals surface area (Å²) in [4.78, 5) is 0. The fourth-order valence-electron chi connectivity index (χ4n) is 2.69. The average Bonchev–Trinajstić information content (AvgIpc) is 2.62. The fourth-order valence-corrected chi connectivity index (χ4v) is 5.57. The van der Waals surface area contributed by atoms with E-state index in [1.165, 1.54) is 0 Å². The molecule has 0 aliphatic heterocycles. The molecule has 0 saturated carbocycles. The second-order valence-corrected chi connectivity index (χ2v) is 11.2. The van der Waals surface area contributed by atoms with Crippen molar-refractivity contribution in [3.8, 4) is 11.5 Å². The van der Waals surface area contributed by atoms with Crippen molar-refractivity contribution >= 4 is 95.6 Å². The summed E-state index contributed by atoms with van der Waals surface area (Å²) in [6.07, 6.45) is 0. The lowest BCUT2D eigenvalue weighted by Crippen LogP contribution is -2.21. The van der Waals surface area contributed by atoms with E-state index in [0.717, 1.165) is 51.2 Å². The maximum atomic E-state index is 5.89. The molecular formula is C19H18Br6O2. The molecule has 0 fully saturated rings. The van der Waals surface area contributed by atoms with Gasteiger partial charge in [-0.05, 0) is 67.3 Å². The van der Waals surface area contributed by atoms with Crippen LogP contribution in [0.15, 0.2) is 42.2 Å². The molecule has 0 unspecified atom stereocenters. The molecular weight excluding hydrogens is 740 g/mol. The smallest absolute Gasteiger partial charge is 0.134 e. The van der Waals surface area contributed by atoms with Gasteiger partial charge in [0.25, 0.3) is 0 Å². The monoisotopic (exact) mass is 752 g/mol. The van der Waals surface area contributed by atoms with Gasteiger partial charge in [0, 0.05) is 25.0 Å². The summed E-state index contributed by atoms with van der Waals surface area (Å²) in [6, 6.07) is 8.20. The highest BCUT2D eigenvalue weighted by Gasteiger charge is 2.31. The highest BCUT2D eigenvalue weighted by atomic mass is 79.9. The molecule has 2 rings (SSSR count). The maximum absolute atomic E-state index is 5.89. The number of ether oxygens (including phenoxy) is 2. The van der Waals surface area contributed by atoms with Crippen LogP contribution in [0.5, 0.6) is 11.5 Å². The van der Waals surface area contributed by atoms with E-state index >= 15 is 0 Å².